The largest absolute Gasteiger partial charge is 0.341 e. The molecule has 0 spiro atoms. The topological polar surface area (TPSA) is 49.4 Å². The third kappa shape index (κ3) is 4.58. The fourth-order valence-electron chi connectivity index (χ4n) is 3.23. The summed E-state index contributed by atoms with van der Waals surface area (Å²) in [5.74, 6) is -0.0626. The Bertz CT molecular complexity index is 967. The van der Waals surface area contributed by atoms with Crippen LogP contribution in [0.25, 0.3) is 10.8 Å². The van der Waals surface area contributed by atoms with Crippen molar-refractivity contribution in [3.8, 4) is 0 Å². The average Bonchev–Trinajstić information content (AvgIpc) is 2.70. The molecule has 0 saturated carbocycles. The maximum atomic E-state index is 13.3. The molecule has 1 atom stereocenters. The molecule has 0 fully saturated rings. The summed E-state index contributed by atoms with van der Waals surface area (Å²) in [7, 11) is 1.75. The van der Waals surface area contributed by atoms with Gasteiger partial charge in [-0.25, -0.2) is 0 Å². The zero-order valence-electron chi connectivity index (χ0n) is 16.6. The average molecular weight is 374 g/mol. The summed E-state index contributed by atoms with van der Waals surface area (Å²) in [5.41, 5.74) is 1.57. The van der Waals surface area contributed by atoms with Crippen molar-refractivity contribution in [1.29, 1.82) is 0 Å². The number of nitrogens with zero attached hydrogens (tertiary/aromatic N) is 1. The lowest BCUT2D eigenvalue weighted by Gasteiger charge is -2.25. The van der Waals surface area contributed by atoms with Crippen LogP contribution in [0.2, 0.25) is 0 Å². The van der Waals surface area contributed by atoms with Crippen LogP contribution < -0.4 is 10.2 Å². The van der Waals surface area contributed by atoms with Crippen LogP contribution in [-0.2, 0) is 9.59 Å². The van der Waals surface area contributed by atoms with E-state index in [0.29, 0.717) is 6.42 Å². The van der Waals surface area contributed by atoms with Crippen LogP contribution in [0.4, 0.5) is 5.69 Å². The predicted octanol–water partition coefficient (Wildman–Crippen LogP) is 4.71. The molecule has 2 amide bonds. The molecule has 4 nitrogen and oxygen atoms in total. The highest BCUT2D eigenvalue weighted by molar-refractivity contribution is 6.01. The SMILES string of the molecule is CC(C)CC(=O)NC(C(=O)N(C)c1ccc2ccccc2c1)c1ccccc1. The standard InChI is InChI=1S/C24H26N2O2/c1-17(2)15-22(27)25-23(19-10-5-4-6-11-19)24(28)26(3)21-14-13-18-9-7-8-12-20(18)16-21/h4-14,16-17,23H,15H2,1-3H3,(H,25,27). The third-order valence-corrected chi connectivity index (χ3v) is 4.73. The van der Waals surface area contributed by atoms with Gasteiger partial charge in [0.25, 0.3) is 5.91 Å². The molecule has 1 N–H and O–H groups in total. The first-order valence-electron chi connectivity index (χ1n) is 9.56. The highest BCUT2D eigenvalue weighted by atomic mass is 16.2. The van der Waals surface area contributed by atoms with Crippen LogP contribution >= 0.6 is 0 Å². The van der Waals surface area contributed by atoms with Gasteiger partial charge < -0.3 is 10.2 Å². The normalized spacial score (nSPS) is 12.0. The molecule has 3 aromatic carbocycles. The van der Waals surface area contributed by atoms with E-state index in [1.165, 1.54) is 0 Å². The van der Waals surface area contributed by atoms with Gasteiger partial charge in [0.2, 0.25) is 5.91 Å². The molecule has 0 heterocycles. The van der Waals surface area contributed by atoms with Crippen molar-refractivity contribution in [2.45, 2.75) is 26.3 Å². The minimum absolute atomic E-state index is 0.121. The molecule has 0 aliphatic rings. The van der Waals surface area contributed by atoms with Gasteiger partial charge in [-0.1, -0.05) is 74.5 Å². The maximum absolute atomic E-state index is 13.3. The molecular weight excluding hydrogens is 348 g/mol. The van der Waals surface area contributed by atoms with Crippen molar-refractivity contribution in [1.82, 2.24) is 5.32 Å². The Balaban J connectivity index is 1.89. The van der Waals surface area contributed by atoms with E-state index >= 15 is 0 Å². The fourth-order valence-corrected chi connectivity index (χ4v) is 3.23. The summed E-state index contributed by atoms with van der Waals surface area (Å²) >= 11 is 0. The van der Waals surface area contributed by atoms with Gasteiger partial charge >= 0.3 is 0 Å². The third-order valence-electron chi connectivity index (χ3n) is 4.73. The number of hydrogen-bond acceptors (Lipinski definition) is 2. The number of amides is 2. The molecule has 3 rings (SSSR count). The molecule has 0 saturated heterocycles. The fraction of sp³-hybridized carbons (Fsp3) is 0.250. The van der Waals surface area contributed by atoms with E-state index in [-0.39, 0.29) is 17.7 Å². The van der Waals surface area contributed by atoms with Gasteiger partial charge in [0.15, 0.2) is 0 Å². The quantitative estimate of drug-likeness (QED) is 0.679. The molecule has 0 aliphatic heterocycles. The first-order chi connectivity index (χ1) is 13.5. The highest BCUT2D eigenvalue weighted by Crippen LogP contribution is 2.24. The molecule has 0 radical (unpaired) electrons. The van der Waals surface area contributed by atoms with Crippen LogP contribution in [0.15, 0.2) is 72.8 Å². The number of carbonyl (C=O) groups is 2. The number of carbonyl (C=O) groups excluding carboxylic acids is 2. The lowest BCUT2D eigenvalue weighted by Crippen LogP contribution is -2.41. The number of hydrogen-bond donors (Lipinski definition) is 1. The number of benzene rings is 3. The Labute approximate surface area is 166 Å². The molecule has 4 heteroatoms. The first-order valence-corrected chi connectivity index (χ1v) is 9.56. The molecular formula is C24H26N2O2. The van der Waals surface area contributed by atoms with E-state index in [4.69, 9.17) is 0 Å². The highest BCUT2D eigenvalue weighted by Gasteiger charge is 2.26. The van der Waals surface area contributed by atoms with Crippen molar-refractivity contribution in [2.75, 3.05) is 11.9 Å². The Kier molecular flexibility index (Phi) is 6.09. The smallest absolute Gasteiger partial charge is 0.253 e. The molecule has 0 bridgehead atoms. The molecule has 0 aromatic heterocycles. The number of anilines is 1. The van der Waals surface area contributed by atoms with E-state index in [1.54, 1.807) is 11.9 Å². The number of likely N-dealkylation sites (N-methyl/N-ethyl adjacent to an activating group) is 1. The molecule has 3 aromatic rings. The Morgan fingerprint density at radius 2 is 1.54 bits per heavy atom. The van der Waals surface area contributed by atoms with Crippen LogP contribution in [-0.4, -0.2) is 18.9 Å². The van der Waals surface area contributed by atoms with Crippen molar-refractivity contribution >= 4 is 28.3 Å². The first kappa shape index (κ1) is 19.6. The van der Waals surface area contributed by atoms with Gasteiger partial charge in [-0.15, -0.1) is 0 Å². The van der Waals surface area contributed by atoms with E-state index in [0.717, 1.165) is 22.0 Å². The number of fused-ring (bicyclic) bond motifs is 1. The molecule has 28 heavy (non-hydrogen) atoms. The zero-order valence-corrected chi connectivity index (χ0v) is 16.6. The minimum atomic E-state index is -0.719. The van der Waals surface area contributed by atoms with Gasteiger partial charge in [-0.05, 0) is 34.4 Å². The summed E-state index contributed by atoms with van der Waals surface area (Å²) < 4.78 is 0. The Hall–Kier alpha value is -3.14. The van der Waals surface area contributed by atoms with Crippen molar-refractivity contribution in [3.63, 3.8) is 0 Å². The second kappa shape index (κ2) is 8.70. The van der Waals surface area contributed by atoms with E-state index in [2.05, 4.69) is 5.32 Å². The predicted molar refractivity (Wildman–Crippen MR) is 114 cm³/mol. The van der Waals surface area contributed by atoms with E-state index < -0.39 is 6.04 Å². The van der Waals surface area contributed by atoms with Crippen molar-refractivity contribution in [2.24, 2.45) is 5.92 Å². The second-order valence-corrected chi connectivity index (χ2v) is 7.44. The van der Waals surface area contributed by atoms with Crippen LogP contribution in [0.5, 0.6) is 0 Å². The summed E-state index contributed by atoms with van der Waals surface area (Å²) in [4.78, 5) is 27.3. The molecule has 1 unspecified atom stereocenters. The summed E-state index contributed by atoms with van der Waals surface area (Å²) in [6, 6.07) is 22.6. The van der Waals surface area contributed by atoms with Crippen molar-refractivity contribution < 1.29 is 9.59 Å². The van der Waals surface area contributed by atoms with Crippen LogP contribution in [0.1, 0.15) is 31.9 Å². The molecule has 0 aliphatic carbocycles. The lowest BCUT2D eigenvalue weighted by molar-refractivity contribution is -0.128. The number of rotatable bonds is 6. The maximum Gasteiger partial charge on any atom is 0.253 e. The van der Waals surface area contributed by atoms with E-state index in [9.17, 15) is 9.59 Å². The van der Waals surface area contributed by atoms with Crippen LogP contribution in [0.3, 0.4) is 0 Å². The number of nitrogens with one attached hydrogen (secondary N) is 1. The Morgan fingerprint density at radius 1 is 0.893 bits per heavy atom. The molecule has 144 valence electrons. The summed E-state index contributed by atoms with van der Waals surface area (Å²) in [6.45, 7) is 3.97. The van der Waals surface area contributed by atoms with Gasteiger partial charge in [-0.2, -0.15) is 0 Å². The minimum Gasteiger partial charge on any atom is -0.341 e. The van der Waals surface area contributed by atoms with E-state index in [1.807, 2.05) is 86.6 Å². The monoisotopic (exact) mass is 374 g/mol. The van der Waals surface area contributed by atoms with Gasteiger partial charge in [0, 0.05) is 19.2 Å². The Morgan fingerprint density at radius 3 is 2.21 bits per heavy atom. The second-order valence-electron chi connectivity index (χ2n) is 7.44. The summed E-state index contributed by atoms with van der Waals surface area (Å²) in [5, 5.41) is 5.11. The lowest BCUT2D eigenvalue weighted by atomic mass is 10.0. The van der Waals surface area contributed by atoms with Crippen LogP contribution in [0, 0.1) is 5.92 Å². The van der Waals surface area contributed by atoms with Gasteiger partial charge in [-0.3, -0.25) is 9.59 Å². The van der Waals surface area contributed by atoms with Crippen molar-refractivity contribution in [3.05, 3.63) is 78.4 Å². The zero-order chi connectivity index (χ0) is 20.1. The van der Waals surface area contributed by atoms with Gasteiger partial charge in [0.05, 0.1) is 0 Å². The summed E-state index contributed by atoms with van der Waals surface area (Å²) in [6.07, 6.45) is 0.385. The van der Waals surface area contributed by atoms with Gasteiger partial charge in [0.1, 0.15) is 6.04 Å².